The normalized spacial score (nSPS) is 12.2. The van der Waals surface area contributed by atoms with Gasteiger partial charge in [0.25, 0.3) is 5.91 Å². The second-order valence-corrected chi connectivity index (χ2v) is 4.36. The summed E-state index contributed by atoms with van der Waals surface area (Å²) in [5.74, 6) is -1.38. The molecule has 2 rings (SSSR count). The largest absolute Gasteiger partial charge is 0.317 e. The fourth-order valence-electron chi connectivity index (χ4n) is 1.95. The van der Waals surface area contributed by atoms with Gasteiger partial charge < -0.3 is 4.57 Å². The van der Waals surface area contributed by atoms with Crippen LogP contribution in [0.5, 0.6) is 0 Å². The highest BCUT2D eigenvalue weighted by atomic mass is 19.1. The molecule has 1 atom stereocenters. The Kier molecular flexibility index (Phi) is 4.14. The lowest BCUT2D eigenvalue weighted by Crippen LogP contribution is -2.29. The molecule has 0 aliphatic carbocycles. The van der Waals surface area contributed by atoms with Gasteiger partial charge in [-0.1, -0.05) is 30.3 Å². The molecule has 1 aromatic heterocycles. The highest BCUT2D eigenvalue weighted by Gasteiger charge is 2.25. The predicted octanol–water partition coefficient (Wildman–Crippen LogP) is 2.26. The van der Waals surface area contributed by atoms with Gasteiger partial charge in [-0.3, -0.25) is 9.63 Å². The van der Waals surface area contributed by atoms with Crippen molar-refractivity contribution in [3.05, 3.63) is 53.9 Å². The predicted molar refractivity (Wildman–Crippen MR) is 71.5 cm³/mol. The zero-order valence-corrected chi connectivity index (χ0v) is 11.6. The molecule has 0 radical (unpaired) electrons. The number of hydroxylamine groups is 2. The summed E-state index contributed by atoms with van der Waals surface area (Å²) < 4.78 is 15.3. The quantitative estimate of drug-likeness (QED) is 0.805. The summed E-state index contributed by atoms with van der Waals surface area (Å²) >= 11 is 0. The van der Waals surface area contributed by atoms with E-state index in [0.717, 1.165) is 10.6 Å². The van der Waals surface area contributed by atoms with Crippen LogP contribution in [0.25, 0.3) is 0 Å². The third-order valence-electron chi connectivity index (χ3n) is 3.21. The Labute approximate surface area is 116 Å². The second-order valence-electron chi connectivity index (χ2n) is 4.36. The standard InChI is InChI=1S/C14H16FN3O2/c1-10(11-7-5-4-6-8-11)18-9-16-13(15)12(18)14(19)17(2)20-3/h4-10H,1-3H3/t10-/m1/s1. The molecule has 1 heterocycles. The van der Waals surface area contributed by atoms with Crippen LogP contribution in [0.1, 0.15) is 29.0 Å². The van der Waals surface area contributed by atoms with E-state index < -0.39 is 11.9 Å². The Morgan fingerprint density at radius 3 is 2.65 bits per heavy atom. The maximum atomic E-state index is 13.8. The number of amides is 1. The average Bonchev–Trinajstić information content (AvgIpc) is 2.87. The van der Waals surface area contributed by atoms with Crippen LogP contribution in [0.4, 0.5) is 4.39 Å². The van der Waals surface area contributed by atoms with Crippen molar-refractivity contribution < 1.29 is 14.0 Å². The Bertz CT molecular complexity index is 598. The lowest BCUT2D eigenvalue weighted by atomic mass is 10.1. The average molecular weight is 277 g/mol. The number of carbonyl (C=O) groups excluding carboxylic acids is 1. The molecule has 5 nitrogen and oxygen atoms in total. The SMILES string of the molecule is CON(C)C(=O)c1c(F)ncn1[C@H](C)c1ccccc1. The van der Waals surface area contributed by atoms with Gasteiger partial charge in [-0.2, -0.15) is 4.39 Å². The minimum absolute atomic E-state index is 0.120. The minimum atomic E-state index is -0.804. The Hall–Kier alpha value is -2.21. The molecule has 20 heavy (non-hydrogen) atoms. The van der Waals surface area contributed by atoms with Crippen molar-refractivity contribution in [3.63, 3.8) is 0 Å². The van der Waals surface area contributed by atoms with E-state index >= 15 is 0 Å². The number of hydrogen-bond donors (Lipinski definition) is 0. The van der Waals surface area contributed by atoms with Crippen LogP contribution in [-0.4, -0.2) is 34.7 Å². The van der Waals surface area contributed by atoms with Gasteiger partial charge in [0.2, 0.25) is 5.95 Å². The zero-order chi connectivity index (χ0) is 14.7. The molecule has 1 aromatic carbocycles. The van der Waals surface area contributed by atoms with Crippen molar-refractivity contribution >= 4 is 5.91 Å². The first-order valence-electron chi connectivity index (χ1n) is 6.15. The summed E-state index contributed by atoms with van der Waals surface area (Å²) in [4.78, 5) is 20.5. The van der Waals surface area contributed by atoms with Crippen molar-refractivity contribution in [3.8, 4) is 0 Å². The second kappa shape index (κ2) is 5.83. The van der Waals surface area contributed by atoms with Crippen molar-refractivity contribution in [2.45, 2.75) is 13.0 Å². The lowest BCUT2D eigenvalue weighted by molar-refractivity contribution is -0.0766. The van der Waals surface area contributed by atoms with Crippen molar-refractivity contribution in [2.24, 2.45) is 0 Å². The molecular weight excluding hydrogens is 261 g/mol. The minimum Gasteiger partial charge on any atom is -0.317 e. The molecule has 0 aliphatic heterocycles. The zero-order valence-electron chi connectivity index (χ0n) is 11.6. The summed E-state index contributed by atoms with van der Waals surface area (Å²) in [6.45, 7) is 1.88. The van der Waals surface area contributed by atoms with Gasteiger partial charge in [0, 0.05) is 7.05 Å². The molecule has 0 saturated heterocycles. The fraction of sp³-hybridized carbons (Fsp3) is 0.286. The summed E-state index contributed by atoms with van der Waals surface area (Å²) in [5, 5.41) is 0.967. The van der Waals surface area contributed by atoms with Crippen molar-refractivity contribution in [1.29, 1.82) is 0 Å². The van der Waals surface area contributed by atoms with Gasteiger partial charge in [-0.25, -0.2) is 10.0 Å². The van der Waals surface area contributed by atoms with Crippen LogP contribution in [0, 0.1) is 5.95 Å². The van der Waals surface area contributed by atoms with E-state index in [1.807, 2.05) is 37.3 Å². The fourth-order valence-corrected chi connectivity index (χ4v) is 1.95. The Balaban J connectivity index is 2.41. The topological polar surface area (TPSA) is 47.4 Å². The lowest BCUT2D eigenvalue weighted by Gasteiger charge is -2.19. The number of hydrogen-bond acceptors (Lipinski definition) is 3. The number of imidazole rings is 1. The molecule has 1 amide bonds. The number of nitrogens with zero attached hydrogens (tertiary/aromatic N) is 3. The van der Waals surface area contributed by atoms with Crippen LogP contribution >= 0.6 is 0 Å². The summed E-state index contributed by atoms with van der Waals surface area (Å²) in [5.41, 5.74) is 0.838. The van der Waals surface area contributed by atoms with Crippen LogP contribution in [0.2, 0.25) is 0 Å². The van der Waals surface area contributed by atoms with E-state index in [-0.39, 0.29) is 11.7 Å². The van der Waals surface area contributed by atoms with Gasteiger partial charge in [0.1, 0.15) is 0 Å². The van der Waals surface area contributed by atoms with Crippen LogP contribution in [0.15, 0.2) is 36.7 Å². The number of rotatable bonds is 4. The maximum Gasteiger partial charge on any atom is 0.298 e. The molecule has 0 fully saturated rings. The Morgan fingerprint density at radius 2 is 2.05 bits per heavy atom. The van der Waals surface area contributed by atoms with Crippen LogP contribution in [-0.2, 0) is 4.84 Å². The van der Waals surface area contributed by atoms with E-state index in [1.165, 1.54) is 25.1 Å². The number of benzene rings is 1. The van der Waals surface area contributed by atoms with Crippen LogP contribution in [0.3, 0.4) is 0 Å². The molecular formula is C14H16FN3O2. The summed E-state index contributed by atoms with van der Waals surface area (Å²) in [6, 6.07) is 9.30. The maximum absolute atomic E-state index is 13.8. The number of carbonyl (C=O) groups is 1. The van der Waals surface area contributed by atoms with E-state index in [2.05, 4.69) is 4.98 Å². The number of aromatic nitrogens is 2. The molecule has 106 valence electrons. The smallest absolute Gasteiger partial charge is 0.298 e. The molecule has 0 spiro atoms. The van der Waals surface area contributed by atoms with Gasteiger partial charge in [-0.05, 0) is 12.5 Å². The molecule has 0 bridgehead atoms. The molecule has 0 aliphatic rings. The third-order valence-corrected chi connectivity index (χ3v) is 3.21. The van der Waals surface area contributed by atoms with Gasteiger partial charge in [-0.15, -0.1) is 0 Å². The number of halogens is 1. The molecule has 0 N–H and O–H groups in total. The highest BCUT2D eigenvalue weighted by Crippen LogP contribution is 2.21. The summed E-state index contributed by atoms with van der Waals surface area (Å²) in [7, 11) is 2.77. The van der Waals surface area contributed by atoms with Crippen molar-refractivity contribution in [1.82, 2.24) is 14.6 Å². The van der Waals surface area contributed by atoms with E-state index in [9.17, 15) is 9.18 Å². The van der Waals surface area contributed by atoms with Crippen molar-refractivity contribution in [2.75, 3.05) is 14.2 Å². The molecule has 6 heteroatoms. The molecule has 2 aromatic rings. The van der Waals surface area contributed by atoms with Gasteiger partial charge in [0.15, 0.2) is 5.69 Å². The highest BCUT2D eigenvalue weighted by molar-refractivity contribution is 5.91. The third kappa shape index (κ3) is 2.55. The van der Waals surface area contributed by atoms with E-state index in [1.54, 1.807) is 0 Å². The summed E-state index contributed by atoms with van der Waals surface area (Å²) in [6.07, 6.45) is 1.32. The molecule has 0 saturated carbocycles. The van der Waals surface area contributed by atoms with Crippen LogP contribution < -0.4 is 0 Å². The molecule has 0 unspecified atom stereocenters. The van der Waals surface area contributed by atoms with E-state index in [0.29, 0.717) is 0 Å². The first kappa shape index (κ1) is 14.2. The first-order valence-corrected chi connectivity index (χ1v) is 6.15. The first-order chi connectivity index (χ1) is 9.56. The van der Waals surface area contributed by atoms with Gasteiger partial charge >= 0.3 is 0 Å². The van der Waals surface area contributed by atoms with E-state index in [4.69, 9.17) is 4.84 Å². The Morgan fingerprint density at radius 1 is 1.40 bits per heavy atom. The monoisotopic (exact) mass is 277 g/mol. The van der Waals surface area contributed by atoms with Gasteiger partial charge in [0.05, 0.1) is 19.5 Å².